The van der Waals surface area contributed by atoms with Gasteiger partial charge < -0.3 is 20.4 Å². The van der Waals surface area contributed by atoms with E-state index >= 15 is 0 Å². The van der Waals surface area contributed by atoms with Gasteiger partial charge in [0, 0.05) is 12.7 Å². The lowest BCUT2D eigenvalue weighted by Gasteiger charge is -2.11. The molecule has 0 bridgehead atoms. The molecule has 0 aliphatic heterocycles. The van der Waals surface area contributed by atoms with Crippen LogP contribution in [-0.2, 0) is 0 Å². The Hall–Kier alpha value is -2.83. The number of rotatable bonds is 4. The number of hydrogen-bond donors (Lipinski definition) is 3. The third-order valence-electron chi connectivity index (χ3n) is 3.20. The Balaban J connectivity index is 2.03. The Kier molecular flexibility index (Phi) is 3.31. The molecule has 0 aliphatic rings. The molecule has 0 saturated heterocycles. The van der Waals surface area contributed by atoms with Gasteiger partial charge in [0.2, 0.25) is 5.95 Å². The van der Waals surface area contributed by atoms with Crippen molar-refractivity contribution in [1.82, 2.24) is 19.9 Å². The second-order valence-electron chi connectivity index (χ2n) is 4.55. The standard InChI is InChI=1S/C14H16N6O/c1-8-6-9(21-3)4-5-10(8)18-13-11-12(17-7-16-11)19-14(15-2)20-13/h4-7H,1-3H3,(H3,15,16,17,18,19,20). The molecule has 3 aromatic rings. The lowest BCUT2D eigenvalue weighted by molar-refractivity contribution is 0.414. The fraction of sp³-hybridized carbons (Fsp3) is 0.214. The molecule has 3 rings (SSSR count). The molecule has 3 N–H and O–H groups in total. The highest BCUT2D eigenvalue weighted by molar-refractivity contribution is 5.86. The number of ether oxygens (including phenoxy) is 1. The van der Waals surface area contributed by atoms with E-state index in [-0.39, 0.29) is 0 Å². The number of H-pyrrole nitrogens is 1. The van der Waals surface area contributed by atoms with Crippen LogP contribution in [-0.4, -0.2) is 34.1 Å². The van der Waals surface area contributed by atoms with E-state index in [0.717, 1.165) is 22.5 Å². The minimum Gasteiger partial charge on any atom is -0.497 e. The largest absolute Gasteiger partial charge is 0.497 e. The Bertz CT molecular complexity index is 782. The van der Waals surface area contributed by atoms with Gasteiger partial charge in [0.05, 0.1) is 13.4 Å². The maximum absolute atomic E-state index is 5.21. The van der Waals surface area contributed by atoms with Crippen LogP contribution >= 0.6 is 0 Å². The molecule has 0 amide bonds. The van der Waals surface area contributed by atoms with Crippen LogP contribution in [0.2, 0.25) is 0 Å². The SMILES string of the molecule is CNc1nc(Nc2ccc(OC)cc2C)c2[nH]cnc2n1. The molecule has 0 fully saturated rings. The zero-order chi connectivity index (χ0) is 14.8. The van der Waals surface area contributed by atoms with E-state index in [1.165, 1.54) is 0 Å². The van der Waals surface area contributed by atoms with E-state index in [2.05, 4.69) is 30.6 Å². The van der Waals surface area contributed by atoms with Crippen molar-refractivity contribution >= 4 is 28.6 Å². The van der Waals surface area contributed by atoms with Crippen LogP contribution in [0.3, 0.4) is 0 Å². The first-order chi connectivity index (χ1) is 10.2. The van der Waals surface area contributed by atoms with Crippen molar-refractivity contribution in [3.8, 4) is 5.75 Å². The fourth-order valence-corrected chi connectivity index (χ4v) is 2.07. The number of aromatic nitrogens is 4. The number of methoxy groups -OCH3 is 1. The monoisotopic (exact) mass is 284 g/mol. The molecule has 0 aliphatic carbocycles. The van der Waals surface area contributed by atoms with Crippen molar-refractivity contribution in [2.75, 3.05) is 24.8 Å². The molecule has 0 atom stereocenters. The minimum atomic E-state index is 0.517. The van der Waals surface area contributed by atoms with Crippen LogP contribution in [0.15, 0.2) is 24.5 Å². The average molecular weight is 284 g/mol. The summed E-state index contributed by atoms with van der Waals surface area (Å²) in [6.07, 6.45) is 1.60. The van der Waals surface area contributed by atoms with Crippen LogP contribution in [0.5, 0.6) is 5.75 Å². The molecule has 21 heavy (non-hydrogen) atoms. The van der Waals surface area contributed by atoms with Gasteiger partial charge in [-0.3, -0.25) is 0 Å². The summed E-state index contributed by atoms with van der Waals surface area (Å²) in [7, 11) is 3.43. The number of hydrogen-bond acceptors (Lipinski definition) is 6. The first-order valence-corrected chi connectivity index (χ1v) is 6.52. The van der Waals surface area contributed by atoms with Crippen LogP contribution in [0.1, 0.15) is 5.56 Å². The van der Waals surface area contributed by atoms with Gasteiger partial charge in [0.15, 0.2) is 11.5 Å². The van der Waals surface area contributed by atoms with Gasteiger partial charge >= 0.3 is 0 Å². The zero-order valence-corrected chi connectivity index (χ0v) is 12.1. The highest BCUT2D eigenvalue weighted by Crippen LogP contribution is 2.27. The van der Waals surface area contributed by atoms with Gasteiger partial charge in [-0.15, -0.1) is 0 Å². The molecule has 0 unspecified atom stereocenters. The van der Waals surface area contributed by atoms with Crippen LogP contribution in [0, 0.1) is 6.92 Å². The Morgan fingerprint density at radius 2 is 2.10 bits per heavy atom. The zero-order valence-electron chi connectivity index (χ0n) is 12.1. The Morgan fingerprint density at radius 1 is 1.24 bits per heavy atom. The summed E-state index contributed by atoms with van der Waals surface area (Å²) in [5.41, 5.74) is 3.39. The molecule has 0 radical (unpaired) electrons. The normalized spacial score (nSPS) is 10.6. The molecule has 0 saturated carbocycles. The summed E-state index contributed by atoms with van der Waals surface area (Å²) >= 11 is 0. The average Bonchev–Trinajstić information content (AvgIpc) is 2.97. The number of imidazole rings is 1. The first kappa shape index (κ1) is 13.2. The van der Waals surface area contributed by atoms with Gasteiger partial charge in [-0.05, 0) is 30.7 Å². The molecule has 7 heteroatoms. The van der Waals surface area contributed by atoms with Crippen LogP contribution in [0.4, 0.5) is 17.5 Å². The van der Waals surface area contributed by atoms with E-state index < -0.39 is 0 Å². The Labute approximate surface area is 121 Å². The second kappa shape index (κ2) is 5.28. The number of nitrogens with zero attached hydrogens (tertiary/aromatic N) is 3. The van der Waals surface area contributed by atoms with Crippen LogP contribution in [0.25, 0.3) is 11.2 Å². The highest BCUT2D eigenvalue weighted by atomic mass is 16.5. The lowest BCUT2D eigenvalue weighted by atomic mass is 10.2. The number of nitrogens with one attached hydrogen (secondary N) is 3. The summed E-state index contributed by atoms with van der Waals surface area (Å²) in [5, 5.41) is 6.24. The van der Waals surface area contributed by atoms with E-state index in [0.29, 0.717) is 17.4 Å². The molecule has 2 aromatic heterocycles. The van der Waals surface area contributed by atoms with Crippen molar-refractivity contribution < 1.29 is 4.74 Å². The number of aryl methyl sites for hydroxylation is 1. The van der Waals surface area contributed by atoms with E-state index in [9.17, 15) is 0 Å². The van der Waals surface area contributed by atoms with Gasteiger partial charge in [-0.1, -0.05) is 0 Å². The summed E-state index contributed by atoms with van der Waals surface area (Å²) in [6.45, 7) is 2.01. The van der Waals surface area contributed by atoms with Crippen molar-refractivity contribution in [2.24, 2.45) is 0 Å². The number of fused-ring (bicyclic) bond motifs is 1. The van der Waals surface area contributed by atoms with E-state index in [1.807, 2.05) is 25.1 Å². The van der Waals surface area contributed by atoms with Crippen molar-refractivity contribution in [1.29, 1.82) is 0 Å². The van der Waals surface area contributed by atoms with E-state index in [1.54, 1.807) is 20.5 Å². The minimum absolute atomic E-state index is 0.517. The van der Waals surface area contributed by atoms with Crippen molar-refractivity contribution in [3.05, 3.63) is 30.1 Å². The number of aromatic amines is 1. The lowest BCUT2D eigenvalue weighted by Crippen LogP contribution is -2.02. The van der Waals surface area contributed by atoms with Crippen molar-refractivity contribution in [3.63, 3.8) is 0 Å². The third-order valence-corrected chi connectivity index (χ3v) is 3.20. The first-order valence-electron chi connectivity index (χ1n) is 6.52. The Morgan fingerprint density at radius 3 is 2.81 bits per heavy atom. The fourth-order valence-electron chi connectivity index (χ4n) is 2.07. The van der Waals surface area contributed by atoms with Crippen LogP contribution < -0.4 is 15.4 Å². The summed E-state index contributed by atoms with van der Waals surface area (Å²) < 4.78 is 5.21. The predicted molar refractivity (Wildman–Crippen MR) is 82.2 cm³/mol. The van der Waals surface area contributed by atoms with Crippen molar-refractivity contribution in [2.45, 2.75) is 6.92 Å². The van der Waals surface area contributed by atoms with Gasteiger partial charge in [-0.2, -0.15) is 9.97 Å². The smallest absolute Gasteiger partial charge is 0.226 e. The van der Waals surface area contributed by atoms with E-state index in [4.69, 9.17) is 4.74 Å². The number of anilines is 3. The van der Waals surface area contributed by atoms with Gasteiger partial charge in [0.1, 0.15) is 11.3 Å². The predicted octanol–water partition coefficient (Wildman–Crippen LogP) is 2.46. The summed E-state index contributed by atoms with van der Waals surface area (Å²) in [5.74, 6) is 2.02. The molecule has 0 spiro atoms. The summed E-state index contributed by atoms with van der Waals surface area (Å²) in [6, 6.07) is 5.82. The number of benzene rings is 1. The third kappa shape index (κ3) is 2.45. The topological polar surface area (TPSA) is 87.8 Å². The molecule has 2 heterocycles. The molecule has 108 valence electrons. The van der Waals surface area contributed by atoms with Gasteiger partial charge in [0.25, 0.3) is 0 Å². The quantitative estimate of drug-likeness (QED) is 0.682. The maximum atomic E-state index is 5.21. The summed E-state index contributed by atoms with van der Waals surface area (Å²) in [4.78, 5) is 15.9. The van der Waals surface area contributed by atoms with Gasteiger partial charge in [-0.25, -0.2) is 4.98 Å². The maximum Gasteiger partial charge on any atom is 0.226 e. The molecular formula is C14H16N6O. The molecule has 7 nitrogen and oxygen atoms in total. The molecular weight excluding hydrogens is 268 g/mol. The molecule has 1 aromatic carbocycles. The second-order valence-corrected chi connectivity index (χ2v) is 4.55. The highest BCUT2D eigenvalue weighted by Gasteiger charge is 2.10.